The van der Waals surface area contributed by atoms with E-state index >= 15 is 0 Å². The van der Waals surface area contributed by atoms with Crippen LogP contribution in [0.2, 0.25) is 0 Å². The lowest BCUT2D eigenvalue weighted by Gasteiger charge is -2.04. The second-order valence-electron chi connectivity index (χ2n) is 4.59. The first-order valence-electron chi connectivity index (χ1n) is 6.25. The smallest absolute Gasteiger partial charge is 0.224 e. The fourth-order valence-electron chi connectivity index (χ4n) is 1.91. The summed E-state index contributed by atoms with van der Waals surface area (Å²) in [7, 11) is 1.97. The van der Waals surface area contributed by atoms with Gasteiger partial charge in [-0.3, -0.25) is 4.79 Å². The summed E-state index contributed by atoms with van der Waals surface area (Å²) in [6, 6.07) is 8.03. The number of benzene rings is 1. The van der Waals surface area contributed by atoms with Crippen LogP contribution in [0.5, 0.6) is 0 Å². The lowest BCUT2D eigenvalue weighted by Crippen LogP contribution is -2.27. The van der Waals surface area contributed by atoms with Crippen molar-refractivity contribution < 1.29 is 9.18 Å². The minimum absolute atomic E-state index is 0.0393. The summed E-state index contributed by atoms with van der Waals surface area (Å²) in [6.07, 6.45) is 5.12. The maximum absolute atomic E-state index is 12.7. The van der Waals surface area contributed by atoms with Gasteiger partial charge in [0.05, 0.1) is 6.42 Å². The molecule has 0 saturated carbocycles. The van der Waals surface area contributed by atoms with Crippen LogP contribution in [0, 0.1) is 5.82 Å². The predicted octanol–water partition coefficient (Wildman–Crippen LogP) is 2.07. The Morgan fingerprint density at radius 2 is 1.95 bits per heavy atom. The van der Waals surface area contributed by atoms with Crippen molar-refractivity contribution in [2.24, 2.45) is 7.05 Å². The summed E-state index contributed by atoms with van der Waals surface area (Å²) in [5.41, 5.74) is 2.02. The van der Waals surface area contributed by atoms with Crippen LogP contribution in [-0.4, -0.2) is 17.0 Å². The minimum atomic E-state index is -0.284. The highest BCUT2D eigenvalue weighted by Crippen LogP contribution is 2.03. The van der Waals surface area contributed by atoms with Gasteiger partial charge in [0.1, 0.15) is 5.82 Å². The molecule has 0 aliphatic rings. The number of aromatic nitrogens is 1. The first-order chi connectivity index (χ1) is 9.13. The standard InChI is InChI=1S/C15H17FN2O/c1-18-9-7-13(11-18)6-8-17-15(19)10-12-2-4-14(16)5-3-12/h2-5,7,9,11H,6,8,10H2,1H3,(H,17,19). The zero-order chi connectivity index (χ0) is 13.7. The van der Waals surface area contributed by atoms with Gasteiger partial charge in [-0.15, -0.1) is 0 Å². The van der Waals surface area contributed by atoms with E-state index in [4.69, 9.17) is 0 Å². The van der Waals surface area contributed by atoms with Crippen LogP contribution < -0.4 is 5.32 Å². The average molecular weight is 260 g/mol. The predicted molar refractivity (Wildman–Crippen MR) is 72.2 cm³/mol. The zero-order valence-electron chi connectivity index (χ0n) is 10.9. The van der Waals surface area contributed by atoms with Crippen molar-refractivity contribution in [1.82, 2.24) is 9.88 Å². The van der Waals surface area contributed by atoms with E-state index in [0.29, 0.717) is 6.54 Å². The average Bonchev–Trinajstić information content (AvgIpc) is 2.78. The largest absolute Gasteiger partial charge is 0.357 e. The highest BCUT2D eigenvalue weighted by Gasteiger charge is 2.03. The van der Waals surface area contributed by atoms with E-state index in [9.17, 15) is 9.18 Å². The number of halogens is 1. The van der Waals surface area contributed by atoms with Gasteiger partial charge in [0.15, 0.2) is 0 Å². The monoisotopic (exact) mass is 260 g/mol. The Balaban J connectivity index is 1.74. The number of hydrogen-bond donors (Lipinski definition) is 1. The SMILES string of the molecule is Cn1ccc(CCNC(=O)Cc2ccc(F)cc2)c1. The zero-order valence-corrected chi connectivity index (χ0v) is 10.9. The summed E-state index contributed by atoms with van der Waals surface area (Å²) < 4.78 is 14.7. The number of amides is 1. The quantitative estimate of drug-likeness (QED) is 0.877. The molecule has 0 atom stereocenters. The fraction of sp³-hybridized carbons (Fsp3) is 0.267. The second-order valence-corrected chi connectivity index (χ2v) is 4.59. The van der Waals surface area contributed by atoms with Crippen molar-refractivity contribution in [2.45, 2.75) is 12.8 Å². The van der Waals surface area contributed by atoms with E-state index in [2.05, 4.69) is 5.32 Å². The molecular formula is C15H17FN2O. The van der Waals surface area contributed by atoms with Gasteiger partial charge in [-0.05, 0) is 35.7 Å². The van der Waals surface area contributed by atoms with Crippen LogP contribution in [0.25, 0.3) is 0 Å². The Morgan fingerprint density at radius 1 is 1.21 bits per heavy atom. The fourth-order valence-corrected chi connectivity index (χ4v) is 1.91. The molecule has 0 spiro atoms. The minimum Gasteiger partial charge on any atom is -0.357 e. The first kappa shape index (κ1) is 13.3. The summed E-state index contributed by atoms with van der Waals surface area (Å²) in [4.78, 5) is 11.7. The summed E-state index contributed by atoms with van der Waals surface area (Å²) >= 11 is 0. The van der Waals surface area contributed by atoms with E-state index in [-0.39, 0.29) is 18.1 Å². The third-order valence-electron chi connectivity index (χ3n) is 2.91. The molecule has 0 aliphatic heterocycles. The van der Waals surface area contributed by atoms with E-state index in [1.165, 1.54) is 17.7 Å². The van der Waals surface area contributed by atoms with E-state index in [1.807, 2.05) is 30.1 Å². The van der Waals surface area contributed by atoms with Gasteiger partial charge < -0.3 is 9.88 Å². The van der Waals surface area contributed by atoms with E-state index in [1.54, 1.807) is 12.1 Å². The number of rotatable bonds is 5. The Bertz CT molecular complexity index is 546. The van der Waals surface area contributed by atoms with Crippen LogP contribution in [0.1, 0.15) is 11.1 Å². The Morgan fingerprint density at radius 3 is 2.58 bits per heavy atom. The molecule has 1 heterocycles. The molecule has 0 fully saturated rings. The Labute approximate surface area is 112 Å². The molecule has 19 heavy (non-hydrogen) atoms. The maximum Gasteiger partial charge on any atom is 0.224 e. The van der Waals surface area contributed by atoms with E-state index in [0.717, 1.165) is 12.0 Å². The number of carbonyl (C=O) groups is 1. The highest BCUT2D eigenvalue weighted by atomic mass is 19.1. The Kier molecular flexibility index (Phi) is 4.34. The lowest BCUT2D eigenvalue weighted by molar-refractivity contribution is -0.120. The molecule has 0 radical (unpaired) electrons. The molecule has 2 rings (SSSR count). The molecule has 1 N–H and O–H groups in total. The van der Waals surface area contributed by atoms with Crippen LogP contribution >= 0.6 is 0 Å². The first-order valence-corrected chi connectivity index (χ1v) is 6.25. The van der Waals surface area contributed by atoms with Crippen LogP contribution in [0.3, 0.4) is 0 Å². The Hall–Kier alpha value is -2.10. The third kappa shape index (κ3) is 4.25. The van der Waals surface area contributed by atoms with Gasteiger partial charge in [0, 0.05) is 26.0 Å². The molecule has 1 aromatic carbocycles. The number of carbonyl (C=O) groups excluding carboxylic acids is 1. The molecule has 100 valence electrons. The van der Waals surface area contributed by atoms with Gasteiger partial charge in [-0.25, -0.2) is 4.39 Å². The number of hydrogen-bond acceptors (Lipinski definition) is 1. The van der Waals surface area contributed by atoms with Crippen LogP contribution in [0.4, 0.5) is 4.39 Å². The lowest BCUT2D eigenvalue weighted by atomic mass is 10.1. The van der Waals surface area contributed by atoms with Gasteiger partial charge >= 0.3 is 0 Å². The number of nitrogens with one attached hydrogen (secondary N) is 1. The van der Waals surface area contributed by atoms with Gasteiger partial charge in [-0.1, -0.05) is 12.1 Å². The molecule has 0 bridgehead atoms. The number of aryl methyl sites for hydroxylation is 1. The molecule has 1 aromatic heterocycles. The molecule has 0 aliphatic carbocycles. The number of nitrogens with zero attached hydrogens (tertiary/aromatic N) is 1. The summed E-state index contributed by atoms with van der Waals surface area (Å²) in [5, 5.41) is 2.86. The topological polar surface area (TPSA) is 34.0 Å². The normalized spacial score (nSPS) is 10.4. The van der Waals surface area contributed by atoms with Gasteiger partial charge in [0.25, 0.3) is 0 Å². The van der Waals surface area contributed by atoms with Crippen molar-refractivity contribution >= 4 is 5.91 Å². The van der Waals surface area contributed by atoms with Crippen molar-refractivity contribution in [3.8, 4) is 0 Å². The third-order valence-corrected chi connectivity index (χ3v) is 2.91. The van der Waals surface area contributed by atoms with Gasteiger partial charge in [0.2, 0.25) is 5.91 Å². The highest BCUT2D eigenvalue weighted by molar-refractivity contribution is 5.78. The van der Waals surface area contributed by atoms with Crippen molar-refractivity contribution in [2.75, 3.05) is 6.54 Å². The summed E-state index contributed by atoms with van der Waals surface area (Å²) in [6.45, 7) is 0.615. The molecule has 2 aromatic rings. The van der Waals surface area contributed by atoms with Crippen LogP contribution in [0.15, 0.2) is 42.7 Å². The van der Waals surface area contributed by atoms with Gasteiger partial charge in [-0.2, -0.15) is 0 Å². The van der Waals surface area contributed by atoms with Crippen LogP contribution in [-0.2, 0) is 24.7 Å². The van der Waals surface area contributed by atoms with Crippen molar-refractivity contribution in [3.05, 3.63) is 59.7 Å². The molecule has 0 unspecified atom stereocenters. The van der Waals surface area contributed by atoms with E-state index < -0.39 is 0 Å². The maximum atomic E-state index is 12.7. The van der Waals surface area contributed by atoms with Crippen molar-refractivity contribution in [3.63, 3.8) is 0 Å². The molecular weight excluding hydrogens is 243 g/mol. The van der Waals surface area contributed by atoms with Crippen molar-refractivity contribution in [1.29, 1.82) is 0 Å². The second kappa shape index (κ2) is 6.18. The summed E-state index contributed by atoms with van der Waals surface area (Å²) in [5.74, 6) is -0.323. The molecule has 0 saturated heterocycles. The molecule has 1 amide bonds. The molecule has 3 nitrogen and oxygen atoms in total. The molecule has 4 heteroatoms.